The highest BCUT2D eigenvalue weighted by atomic mass is 35.5. The minimum atomic E-state index is 0. The predicted octanol–water partition coefficient (Wildman–Crippen LogP) is 2.79. The second-order valence-corrected chi connectivity index (χ2v) is 7.46. The van der Waals surface area contributed by atoms with Crippen LogP contribution in [0.2, 0.25) is 0 Å². The van der Waals surface area contributed by atoms with Crippen molar-refractivity contribution in [1.82, 2.24) is 10.2 Å². The van der Waals surface area contributed by atoms with Gasteiger partial charge in [0.05, 0.1) is 12.6 Å². The summed E-state index contributed by atoms with van der Waals surface area (Å²) >= 11 is 0. The molecule has 5 heteroatoms. The fourth-order valence-electron chi connectivity index (χ4n) is 4.38. The zero-order valence-electron chi connectivity index (χ0n) is 14.2. The Morgan fingerprint density at radius 2 is 1.92 bits per heavy atom. The first-order valence-corrected chi connectivity index (χ1v) is 8.88. The van der Waals surface area contributed by atoms with Gasteiger partial charge in [-0.05, 0) is 50.3 Å². The van der Waals surface area contributed by atoms with Crippen molar-refractivity contribution in [3.8, 4) is 0 Å². The number of carbonyl (C=O) groups excluding carboxylic acids is 1. The van der Waals surface area contributed by atoms with Gasteiger partial charge in [0.2, 0.25) is 5.91 Å². The molecule has 1 saturated carbocycles. The SMILES string of the molecule is CC1CN(C(=O)C2CC23CCNCC3)CC(c2ccccc2)O1.Cl. The molecule has 24 heavy (non-hydrogen) atoms. The molecule has 1 aromatic carbocycles. The molecule has 0 bridgehead atoms. The van der Waals surface area contributed by atoms with Gasteiger partial charge >= 0.3 is 0 Å². The van der Waals surface area contributed by atoms with E-state index in [-0.39, 0.29) is 30.5 Å². The number of amides is 1. The molecule has 2 aliphatic heterocycles. The van der Waals surface area contributed by atoms with Gasteiger partial charge in [0, 0.05) is 12.5 Å². The zero-order valence-corrected chi connectivity index (χ0v) is 15.1. The molecule has 3 unspecified atom stereocenters. The maximum atomic E-state index is 13.0. The molecule has 3 atom stereocenters. The quantitative estimate of drug-likeness (QED) is 0.891. The third kappa shape index (κ3) is 3.32. The molecular weight excluding hydrogens is 324 g/mol. The summed E-state index contributed by atoms with van der Waals surface area (Å²) in [5, 5.41) is 3.41. The van der Waals surface area contributed by atoms with Gasteiger partial charge in [0.1, 0.15) is 6.10 Å². The third-order valence-corrected chi connectivity index (χ3v) is 5.83. The van der Waals surface area contributed by atoms with E-state index in [0.29, 0.717) is 17.9 Å². The number of halogens is 1. The number of piperidine rings is 1. The fourth-order valence-corrected chi connectivity index (χ4v) is 4.38. The second-order valence-electron chi connectivity index (χ2n) is 7.46. The minimum Gasteiger partial charge on any atom is -0.367 e. The zero-order chi connectivity index (χ0) is 15.9. The van der Waals surface area contributed by atoms with Gasteiger partial charge < -0.3 is 15.0 Å². The molecule has 2 saturated heterocycles. The van der Waals surface area contributed by atoms with E-state index >= 15 is 0 Å². The summed E-state index contributed by atoms with van der Waals surface area (Å²) in [5.74, 6) is 0.620. The first-order chi connectivity index (χ1) is 11.2. The first-order valence-electron chi connectivity index (χ1n) is 8.88. The van der Waals surface area contributed by atoms with Crippen LogP contribution < -0.4 is 5.32 Å². The summed E-state index contributed by atoms with van der Waals surface area (Å²) in [7, 11) is 0. The summed E-state index contributed by atoms with van der Waals surface area (Å²) in [6.45, 7) is 5.62. The summed E-state index contributed by atoms with van der Waals surface area (Å²) in [5.41, 5.74) is 1.48. The van der Waals surface area contributed by atoms with Crippen LogP contribution >= 0.6 is 12.4 Å². The molecule has 1 aliphatic carbocycles. The van der Waals surface area contributed by atoms with Crippen LogP contribution in [-0.2, 0) is 9.53 Å². The van der Waals surface area contributed by atoms with Gasteiger partial charge in [-0.25, -0.2) is 0 Å². The largest absolute Gasteiger partial charge is 0.367 e. The highest BCUT2D eigenvalue weighted by Gasteiger charge is 2.58. The average Bonchev–Trinajstić information content (AvgIpc) is 3.28. The number of ether oxygens (including phenoxy) is 1. The van der Waals surface area contributed by atoms with Gasteiger partial charge in [-0.15, -0.1) is 12.4 Å². The average molecular weight is 351 g/mol. The van der Waals surface area contributed by atoms with Crippen molar-refractivity contribution < 1.29 is 9.53 Å². The van der Waals surface area contributed by atoms with Gasteiger partial charge in [-0.2, -0.15) is 0 Å². The molecule has 0 aromatic heterocycles. The molecule has 1 amide bonds. The predicted molar refractivity (Wildman–Crippen MR) is 96.2 cm³/mol. The lowest BCUT2D eigenvalue weighted by Crippen LogP contribution is -2.47. The lowest BCUT2D eigenvalue weighted by Gasteiger charge is -2.38. The number of hydrogen-bond donors (Lipinski definition) is 1. The topological polar surface area (TPSA) is 41.6 Å². The van der Waals surface area contributed by atoms with Crippen molar-refractivity contribution in [3.63, 3.8) is 0 Å². The fraction of sp³-hybridized carbons (Fsp3) is 0.632. The van der Waals surface area contributed by atoms with Gasteiger partial charge in [0.15, 0.2) is 0 Å². The number of carbonyl (C=O) groups is 1. The smallest absolute Gasteiger partial charge is 0.226 e. The van der Waals surface area contributed by atoms with Crippen molar-refractivity contribution in [3.05, 3.63) is 35.9 Å². The van der Waals surface area contributed by atoms with Crippen LogP contribution in [0.5, 0.6) is 0 Å². The highest BCUT2D eigenvalue weighted by molar-refractivity contribution is 5.85. The van der Waals surface area contributed by atoms with E-state index in [0.717, 1.165) is 38.9 Å². The Labute approximate surface area is 150 Å². The summed E-state index contributed by atoms with van der Waals surface area (Å²) in [6, 6.07) is 10.3. The van der Waals surface area contributed by atoms with Crippen molar-refractivity contribution in [1.29, 1.82) is 0 Å². The van der Waals surface area contributed by atoms with Crippen LogP contribution in [-0.4, -0.2) is 43.1 Å². The Kier molecular flexibility index (Phi) is 5.19. The molecule has 3 fully saturated rings. The van der Waals surface area contributed by atoms with Crippen LogP contribution in [0.25, 0.3) is 0 Å². The van der Waals surface area contributed by atoms with Crippen LogP contribution in [0, 0.1) is 11.3 Å². The molecule has 4 rings (SSSR count). The normalized spacial score (nSPS) is 31.4. The van der Waals surface area contributed by atoms with E-state index in [4.69, 9.17) is 4.74 Å². The van der Waals surface area contributed by atoms with Crippen molar-refractivity contribution in [2.75, 3.05) is 26.2 Å². The molecule has 1 aromatic rings. The Hall–Kier alpha value is -1.10. The molecule has 1 N–H and O–H groups in total. The summed E-state index contributed by atoms with van der Waals surface area (Å²) < 4.78 is 6.09. The van der Waals surface area contributed by atoms with E-state index in [1.807, 2.05) is 18.2 Å². The van der Waals surface area contributed by atoms with Gasteiger partial charge in [0.25, 0.3) is 0 Å². The second kappa shape index (κ2) is 7.03. The van der Waals surface area contributed by atoms with Crippen molar-refractivity contribution in [2.24, 2.45) is 11.3 Å². The molecule has 4 nitrogen and oxygen atoms in total. The number of nitrogens with zero attached hydrogens (tertiary/aromatic N) is 1. The number of hydrogen-bond acceptors (Lipinski definition) is 3. The lowest BCUT2D eigenvalue weighted by atomic mass is 9.91. The standard InChI is InChI=1S/C19H26N2O2.ClH/c1-14-12-21(13-17(23-14)15-5-3-2-4-6-15)18(22)16-11-19(16)7-9-20-10-8-19;/h2-6,14,16-17,20H,7-13H2,1H3;1H. The summed E-state index contributed by atoms with van der Waals surface area (Å²) in [6.07, 6.45) is 3.51. The summed E-state index contributed by atoms with van der Waals surface area (Å²) in [4.78, 5) is 15.1. The molecular formula is C19H27ClN2O2. The molecule has 2 heterocycles. The molecule has 0 radical (unpaired) electrons. The highest BCUT2D eigenvalue weighted by Crippen LogP contribution is 2.59. The number of nitrogens with one attached hydrogen (secondary N) is 1. The monoisotopic (exact) mass is 350 g/mol. The van der Waals surface area contributed by atoms with Gasteiger partial charge in [-0.1, -0.05) is 30.3 Å². The van der Waals surface area contributed by atoms with Crippen molar-refractivity contribution >= 4 is 18.3 Å². The van der Waals surface area contributed by atoms with Crippen LogP contribution in [0.15, 0.2) is 30.3 Å². The Balaban J connectivity index is 0.00000169. The first kappa shape index (κ1) is 17.7. The van der Waals surface area contributed by atoms with Gasteiger partial charge in [-0.3, -0.25) is 4.79 Å². The molecule has 3 aliphatic rings. The van der Waals surface area contributed by atoms with E-state index in [9.17, 15) is 4.79 Å². The van der Waals surface area contributed by atoms with Crippen molar-refractivity contribution in [2.45, 2.75) is 38.4 Å². The maximum absolute atomic E-state index is 13.0. The Morgan fingerprint density at radius 1 is 1.21 bits per heavy atom. The molecule has 132 valence electrons. The minimum absolute atomic E-state index is 0. The Bertz CT molecular complexity index is 574. The van der Waals surface area contributed by atoms with Crippen LogP contribution in [0.4, 0.5) is 0 Å². The molecule has 1 spiro atoms. The van der Waals surface area contributed by atoms with E-state index in [2.05, 4.69) is 29.3 Å². The third-order valence-electron chi connectivity index (χ3n) is 5.83. The Morgan fingerprint density at radius 3 is 2.62 bits per heavy atom. The number of rotatable bonds is 2. The maximum Gasteiger partial charge on any atom is 0.226 e. The number of morpholine rings is 1. The number of benzene rings is 1. The van der Waals surface area contributed by atoms with E-state index < -0.39 is 0 Å². The van der Waals surface area contributed by atoms with E-state index in [1.165, 1.54) is 5.56 Å². The van der Waals surface area contributed by atoms with Crippen LogP contribution in [0.3, 0.4) is 0 Å². The lowest BCUT2D eigenvalue weighted by molar-refractivity contribution is -0.147. The van der Waals surface area contributed by atoms with E-state index in [1.54, 1.807) is 0 Å². The van der Waals surface area contributed by atoms with Crippen LogP contribution in [0.1, 0.15) is 37.9 Å².